The summed E-state index contributed by atoms with van der Waals surface area (Å²) in [5, 5.41) is 12.4. The van der Waals surface area contributed by atoms with E-state index in [1.165, 1.54) is 5.57 Å². The molecule has 2 fully saturated rings. The van der Waals surface area contributed by atoms with Gasteiger partial charge in [0.2, 0.25) is 0 Å². The maximum Gasteiger partial charge on any atom is 0.199 e. The van der Waals surface area contributed by atoms with Gasteiger partial charge in [0.05, 0.1) is 37.1 Å². The summed E-state index contributed by atoms with van der Waals surface area (Å²) in [4.78, 5) is 0. The van der Waals surface area contributed by atoms with E-state index in [1.807, 2.05) is 0 Å². The fourth-order valence-corrected chi connectivity index (χ4v) is 8.07. The van der Waals surface area contributed by atoms with Crippen LogP contribution in [0.25, 0.3) is 0 Å². The number of hydrogen-bond donors (Lipinski definition) is 1. The summed E-state index contributed by atoms with van der Waals surface area (Å²) >= 11 is 0. The summed E-state index contributed by atoms with van der Waals surface area (Å²) in [6, 6.07) is 0. The van der Waals surface area contributed by atoms with E-state index in [0.29, 0.717) is 12.5 Å². The van der Waals surface area contributed by atoms with Crippen molar-refractivity contribution in [1.82, 2.24) is 0 Å². The molecule has 0 bridgehead atoms. The maximum atomic E-state index is 12.4. The largest absolute Gasteiger partial charge is 0.469 e. The summed E-state index contributed by atoms with van der Waals surface area (Å²) in [5.41, 5.74) is 1.50. The van der Waals surface area contributed by atoms with Gasteiger partial charge in [-0.3, -0.25) is 0 Å². The zero-order valence-corrected chi connectivity index (χ0v) is 25.1. The minimum absolute atomic E-state index is 0.00285. The first kappa shape index (κ1) is 29.8. The van der Waals surface area contributed by atoms with E-state index in [0.717, 1.165) is 62.9 Å². The number of ether oxygens (including phenoxy) is 4. The molecule has 1 N–H and O–H groups in total. The molecule has 2 heterocycles. The van der Waals surface area contributed by atoms with Crippen molar-refractivity contribution in [3.05, 3.63) is 36.1 Å². The summed E-state index contributed by atoms with van der Waals surface area (Å²) < 4.78 is 26.2. The number of aliphatic hydroxyl groups is 1. The molecule has 38 heavy (non-hydrogen) atoms. The average Bonchev–Trinajstić information content (AvgIpc) is 2.99. The standard InChI is InChI=1S/C33H54O5/c1-10-12-17-35-26-16-14-24-18-21(5)27(23(7)29(24)37-26)28(34)31-33(11-2)22(6)13-15-25(20(3)4)30(33)36-19-32(8,9)38-31/h11,21-23,25-28,30-31,34H,2-3,10,12-19H2,1,4-9H3. The fraction of sp³-hybridized carbons (Fsp3) is 0.818. The zero-order chi connectivity index (χ0) is 27.8. The van der Waals surface area contributed by atoms with Gasteiger partial charge in [-0.25, -0.2) is 0 Å². The van der Waals surface area contributed by atoms with Gasteiger partial charge in [-0.05, 0) is 76.2 Å². The van der Waals surface area contributed by atoms with Crippen LogP contribution in [0.2, 0.25) is 0 Å². The van der Waals surface area contributed by atoms with Crippen LogP contribution in [-0.4, -0.2) is 48.5 Å². The third kappa shape index (κ3) is 5.42. The fourth-order valence-electron chi connectivity index (χ4n) is 8.07. The number of unbranched alkanes of at least 4 members (excludes halogenated alkanes) is 1. The van der Waals surface area contributed by atoms with Gasteiger partial charge in [0.25, 0.3) is 0 Å². The Hall–Kier alpha value is -1.14. The van der Waals surface area contributed by atoms with Crippen LogP contribution in [0.15, 0.2) is 36.1 Å². The molecule has 5 heteroatoms. The van der Waals surface area contributed by atoms with Crippen LogP contribution in [0.5, 0.6) is 0 Å². The van der Waals surface area contributed by atoms with Crippen molar-refractivity contribution >= 4 is 0 Å². The highest BCUT2D eigenvalue weighted by atomic mass is 16.7. The van der Waals surface area contributed by atoms with E-state index in [1.54, 1.807) is 0 Å². The first-order valence-corrected chi connectivity index (χ1v) is 15.2. The minimum Gasteiger partial charge on any atom is -0.469 e. The summed E-state index contributed by atoms with van der Waals surface area (Å²) in [6.07, 6.45) is 7.74. The van der Waals surface area contributed by atoms with Gasteiger partial charge in [-0.2, -0.15) is 0 Å². The average molecular weight is 531 g/mol. The van der Waals surface area contributed by atoms with Gasteiger partial charge < -0.3 is 24.1 Å². The third-order valence-corrected chi connectivity index (χ3v) is 10.2. The highest BCUT2D eigenvalue weighted by molar-refractivity contribution is 5.23. The van der Waals surface area contributed by atoms with Crippen LogP contribution in [0, 0.1) is 35.0 Å². The lowest BCUT2D eigenvalue weighted by atomic mass is 9.55. The molecule has 216 valence electrons. The zero-order valence-electron chi connectivity index (χ0n) is 25.1. The number of allylic oxidation sites excluding steroid dienone is 2. The Balaban J connectivity index is 1.68. The molecular weight excluding hydrogens is 476 g/mol. The molecule has 2 aliphatic carbocycles. The SMILES string of the molecule is C=CC12C(C)CCC(C(=C)C)C1OCC(C)(C)OC2C(O)C1C(C)CC2=C(OC(OCCCC)CC2)C1C. The van der Waals surface area contributed by atoms with Gasteiger partial charge in [0, 0.05) is 23.7 Å². The summed E-state index contributed by atoms with van der Waals surface area (Å²) in [5.74, 6) is 1.91. The molecular formula is C33H54O5. The van der Waals surface area contributed by atoms with Gasteiger partial charge in [-0.15, -0.1) is 6.58 Å². The quantitative estimate of drug-likeness (QED) is 0.266. The Morgan fingerprint density at radius 3 is 2.61 bits per heavy atom. The topological polar surface area (TPSA) is 57.2 Å². The molecule has 10 atom stereocenters. The van der Waals surface area contributed by atoms with Crippen LogP contribution >= 0.6 is 0 Å². The van der Waals surface area contributed by atoms with Gasteiger partial charge in [0.1, 0.15) is 5.76 Å². The first-order valence-electron chi connectivity index (χ1n) is 15.2. The van der Waals surface area contributed by atoms with Crippen molar-refractivity contribution in [3.8, 4) is 0 Å². The third-order valence-electron chi connectivity index (χ3n) is 10.2. The van der Waals surface area contributed by atoms with Crippen LogP contribution in [0.1, 0.15) is 93.4 Å². The summed E-state index contributed by atoms with van der Waals surface area (Å²) in [6.45, 7) is 25.2. The Morgan fingerprint density at radius 2 is 1.95 bits per heavy atom. The smallest absolute Gasteiger partial charge is 0.199 e. The molecule has 0 amide bonds. The molecule has 0 aromatic carbocycles. The van der Waals surface area contributed by atoms with E-state index >= 15 is 0 Å². The lowest BCUT2D eigenvalue weighted by Gasteiger charge is -2.55. The Morgan fingerprint density at radius 1 is 1.21 bits per heavy atom. The molecule has 0 radical (unpaired) electrons. The molecule has 4 rings (SSSR count). The number of hydrogen-bond acceptors (Lipinski definition) is 5. The number of fused-ring (bicyclic) bond motifs is 1. The second-order valence-corrected chi connectivity index (χ2v) is 13.5. The molecule has 1 saturated heterocycles. The lowest BCUT2D eigenvalue weighted by Crippen LogP contribution is -2.61. The van der Waals surface area contributed by atoms with Crippen molar-refractivity contribution in [2.24, 2.45) is 35.0 Å². The van der Waals surface area contributed by atoms with Gasteiger partial charge in [0.15, 0.2) is 6.29 Å². The Labute approximate surface area is 232 Å². The van der Waals surface area contributed by atoms with E-state index < -0.39 is 23.2 Å². The second-order valence-electron chi connectivity index (χ2n) is 13.5. The maximum absolute atomic E-state index is 12.4. The van der Waals surface area contributed by atoms with E-state index in [9.17, 15) is 5.11 Å². The molecule has 4 aliphatic rings. The van der Waals surface area contributed by atoms with E-state index in [4.69, 9.17) is 18.9 Å². The lowest BCUT2D eigenvalue weighted by molar-refractivity contribution is -0.195. The van der Waals surface area contributed by atoms with Crippen LogP contribution in [-0.2, 0) is 18.9 Å². The van der Waals surface area contributed by atoms with E-state index in [-0.39, 0.29) is 36.1 Å². The van der Waals surface area contributed by atoms with Crippen LogP contribution in [0.3, 0.4) is 0 Å². The molecule has 10 unspecified atom stereocenters. The molecule has 1 saturated carbocycles. The van der Waals surface area contributed by atoms with Crippen molar-refractivity contribution in [3.63, 3.8) is 0 Å². The molecule has 5 nitrogen and oxygen atoms in total. The Bertz CT molecular complexity index is 892. The number of aliphatic hydroxyl groups excluding tert-OH is 1. The monoisotopic (exact) mass is 530 g/mol. The summed E-state index contributed by atoms with van der Waals surface area (Å²) in [7, 11) is 0. The molecule has 2 aliphatic heterocycles. The predicted molar refractivity (Wildman–Crippen MR) is 152 cm³/mol. The normalized spacial score (nSPS) is 41.8. The molecule has 0 spiro atoms. The van der Waals surface area contributed by atoms with Crippen LogP contribution < -0.4 is 0 Å². The second kappa shape index (κ2) is 11.8. The number of rotatable bonds is 8. The minimum atomic E-state index is -0.688. The molecule has 0 aromatic rings. The first-order chi connectivity index (χ1) is 18.0. The van der Waals surface area contributed by atoms with Crippen molar-refractivity contribution < 1.29 is 24.1 Å². The molecule has 0 aromatic heterocycles. The van der Waals surface area contributed by atoms with Gasteiger partial charge >= 0.3 is 0 Å². The van der Waals surface area contributed by atoms with E-state index in [2.05, 4.69) is 67.7 Å². The van der Waals surface area contributed by atoms with Crippen molar-refractivity contribution in [2.75, 3.05) is 13.2 Å². The van der Waals surface area contributed by atoms with Crippen molar-refractivity contribution in [1.29, 1.82) is 0 Å². The van der Waals surface area contributed by atoms with Gasteiger partial charge in [-0.1, -0.05) is 52.3 Å². The Kier molecular flexibility index (Phi) is 9.24. The van der Waals surface area contributed by atoms with Crippen LogP contribution in [0.4, 0.5) is 0 Å². The highest BCUT2D eigenvalue weighted by Gasteiger charge is 2.60. The highest BCUT2D eigenvalue weighted by Crippen LogP contribution is 2.56. The predicted octanol–water partition coefficient (Wildman–Crippen LogP) is 7.20. The van der Waals surface area contributed by atoms with Crippen molar-refractivity contribution in [2.45, 2.75) is 124 Å².